The number of carboxylic acids is 1. The zero-order chi connectivity index (χ0) is 19.4. The summed E-state index contributed by atoms with van der Waals surface area (Å²) in [6.07, 6.45) is 1.85. The van der Waals surface area contributed by atoms with Gasteiger partial charge in [0.25, 0.3) is 5.91 Å². The van der Waals surface area contributed by atoms with Crippen molar-refractivity contribution in [1.29, 1.82) is 0 Å². The van der Waals surface area contributed by atoms with Gasteiger partial charge in [0.15, 0.2) is 6.61 Å². The molecule has 0 aliphatic rings. The van der Waals surface area contributed by atoms with Gasteiger partial charge in [-0.25, -0.2) is 0 Å². The Bertz CT molecular complexity index is 983. The van der Waals surface area contributed by atoms with Crippen molar-refractivity contribution in [3.8, 4) is 5.75 Å². The van der Waals surface area contributed by atoms with Crippen LogP contribution in [0.1, 0.15) is 11.1 Å². The molecule has 0 aliphatic carbocycles. The molecule has 0 fully saturated rings. The lowest BCUT2D eigenvalue weighted by Crippen LogP contribution is -2.50. The van der Waals surface area contributed by atoms with Crippen molar-refractivity contribution >= 4 is 34.4 Å². The van der Waals surface area contributed by atoms with Gasteiger partial charge >= 0.3 is 0 Å². The zero-order valence-corrected chi connectivity index (χ0v) is 15.4. The van der Waals surface area contributed by atoms with Gasteiger partial charge in [-0.1, -0.05) is 29.8 Å². The van der Waals surface area contributed by atoms with E-state index >= 15 is 0 Å². The Kier molecular flexibility index (Phi) is 5.66. The highest BCUT2D eigenvalue weighted by Crippen LogP contribution is 2.21. The second kappa shape index (κ2) is 8.14. The maximum Gasteiger partial charge on any atom is 0.258 e. The summed E-state index contributed by atoms with van der Waals surface area (Å²) >= 11 is 5.95. The van der Waals surface area contributed by atoms with Crippen molar-refractivity contribution in [2.24, 2.45) is 0 Å². The predicted molar refractivity (Wildman–Crippen MR) is 101 cm³/mol. The van der Waals surface area contributed by atoms with Crippen molar-refractivity contribution in [1.82, 2.24) is 10.3 Å². The van der Waals surface area contributed by atoms with E-state index in [0.29, 0.717) is 10.8 Å². The van der Waals surface area contributed by atoms with Gasteiger partial charge in [0, 0.05) is 28.5 Å². The number of fused-ring (bicyclic) bond motifs is 1. The van der Waals surface area contributed by atoms with Crippen molar-refractivity contribution in [2.75, 3.05) is 6.61 Å². The van der Waals surface area contributed by atoms with E-state index in [1.807, 2.05) is 31.2 Å². The number of carboxylic acid groups (broad SMARTS) is 1. The number of ether oxygens (including phenoxy) is 1. The third-order valence-corrected chi connectivity index (χ3v) is 4.64. The number of carbonyl (C=O) groups excluding carboxylic acids is 2. The summed E-state index contributed by atoms with van der Waals surface area (Å²) < 4.78 is 5.40. The Morgan fingerprint density at radius 3 is 2.78 bits per heavy atom. The second-order valence-corrected chi connectivity index (χ2v) is 6.61. The Morgan fingerprint density at radius 2 is 2.04 bits per heavy atom. The molecule has 0 unspecified atom stereocenters. The van der Waals surface area contributed by atoms with Crippen LogP contribution >= 0.6 is 11.6 Å². The summed E-state index contributed by atoms with van der Waals surface area (Å²) in [6, 6.07) is 11.4. The van der Waals surface area contributed by atoms with E-state index in [0.717, 1.165) is 22.0 Å². The van der Waals surface area contributed by atoms with E-state index in [2.05, 4.69) is 10.3 Å². The van der Waals surface area contributed by atoms with E-state index in [9.17, 15) is 14.7 Å². The molecule has 0 spiro atoms. The van der Waals surface area contributed by atoms with Crippen LogP contribution in [0, 0.1) is 6.92 Å². The first kappa shape index (κ1) is 18.8. The van der Waals surface area contributed by atoms with Crippen molar-refractivity contribution in [3.05, 3.63) is 64.8 Å². The smallest absolute Gasteiger partial charge is 0.258 e. The van der Waals surface area contributed by atoms with Crippen molar-refractivity contribution in [3.63, 3.8) is 0 Å². The molecule has 0 radical (unpaired) electrons. The highest BCUT2D eigenvalue weighted by atomic mass is 35.5. The number of carbonyl (C=O) groups is 2. The number of para-hydroxylation sites is 1. The molecular formula is C20H18ClN2O4-. The van der Waals surface area contributed by atoms with E-state index in [1.165, 1.54) is 0 Å². The highest BCUT2D eigenvalue weighted by Gasteiger charge is 2.17. The molecule has 2 N–H and O–H groups in total. The maximum atomic E-state index is 12.1. The van der Waals surface area contributed by atoms with Crippen LogP contribution in [0.4, 0.5) is 0 Å². The van der Waals surface area contributed by atoms with E-state index in [1.54, 1.807) is 24.4 Å². The number of hydrogen-bond donors (Lipinski definition) is 2. The number of amides is 1. The Balaban J connectivity index is 1.62. The molecule has 6 nitrogen and oxygen atoms in total. The summed E-state index contributed by atoms with van der Waals surface area (Å²) in [5, 5.41) is 15.4. The SMILES string of the molecule is Cc1cc(OCC(=O)N[C@H](Cc2c[nH]c3ccccc23)C(=O)[O-])ccc1Cl. The molecule has 7 heteroatoms. The van der Waals surface area contributed by atoms with Gasteiger partial charge in [0.05, 0.1) is 12.0 Å². The molecule has 3 aromatic rings. The third kappa shape index (κ3) is 4.60. The molecule has 1 aromatic heterocycles. The summed E-state index contributed by atoms with van der Waals surface area (Å²) in [5.74, 6) is -1.42. The lowest BCUT2D eigenvalue weighted by atomic mass is 10.1. The second-order valence-electron chi connectivity index (χ2n) is 6.20. The number of H-pyrrole nitrogens is 1. The summed E-state index contributed by atoms with van der Waals surface area (Å²) in [4.78, 5) is 26.7. The Hall–Kier alpha value is -2.99. The van der Waals surface area contributed by atoms with Crippen molar-refractivity contribution in [2.45, 2.75) is 19.4 Å². The van der Waals surface area contributed by atoms with E-state index in [-0.39, 0.29) is 13.0 Å². The quantitative estimate of drug-likeness (QED) is 0.650. The largest absolute Gasteiger partial charge is 0.548 e. The third-order valence-electron chi connectivity index (χ3n) is 4.22. The molecule has 1 amide bonds. The van der Waals surface area contributed by atoms with Gasteiger partial charge in [0.2, 0.25) is 0 Å². The fourth-order valence-electron chi connectivity index (χ4n) is 2.81. The normalized spacial score (nSPS) is 11.9. The number of nitrogens with one attached hydrogen (secondary N) is 2. The Morgan fingerprint density at radius 1 is 1.26 bits per heavy atom. The maximum absolute atomic E-state index is 12.1. The van der Waals surface area contributed by atoms with Gasteiger partial charge in [-0.15, -0.1) is 0 Å². The molecule has 1 heterocycles. The first-order valence-corrected chi connectivity index (χ1v) is 8.76. The molecule has 0 saturated heterocycles. The number of aryl methyl sites for hydroxylation is 1. The molecule has 3 rings (SSSR count). The first-order valence-electron chi connectivity index (χ1n) is 8.38. The van der Waals surface area contributed by atoms with E-state index < -0.39 is 17.9 Å². The average Bonchev–Trinajstić information content (AvgIpc) is 3.05. The summed E-state index contributed by atoms with van der Waals surface area (Å²) in [5.41, 5.74) is 2.51. The minimum atomic E-state index is -1.35. The van der Waals surface area contributed by atoms with Crippen molar-refractivity contribution < 1.29 is 19.4 Å². The summed E-state index contributed by atoms with van der Waals surface area (Å²) in [6.45, 7) is 1.52. The van der Waals surface area contributed by atoms with Gasteiger partial charge in [0.1, 0.15) is 5.75 Å². The van der Waals surface area contributed by atoms with Crippen LogP contribution in [0.3, 0.4) is 0 Å². The van der Waals surface area contributed by atoms with Gasteiger partial charge in [-0.2, -0.15) is 0 Å². The standard InChI is InChI=1S/C20H19ClN2O4/c1-12-8-14(6-7-16(12)21)27-11-19(24)23-18(20(25)26)9-13-10-22-17-5-3-2-4-15(13)17/h2-8,10,18,22H,9,11H2,1H3,(H,23,24)(H,25,26)/p-1/t18-/m1/s1. The van der Waals surface area contributed by atoms with Gasteiger partial charge in [-0.3, -0.25) is 4.79 Å². The minimum absolute atomic E-state index is 0.109. The molecule has 2 aromatic carbocycles. The number of rotatable bonds is 7. The number of halogens is 1. The first-order chi connectivity index (χ1) is 12.9. The molecule has 0 bridgehead atoms. The topological polar surface area (TPSA) is 94.2 Å². The minimum Gasteiger partial charge on any atom is -0.548 e. The number of aliphatic carboxylic acids is 1. The number of benzene rings is 2. The molecule has 27 heavy (non-hydrogen) atoms. The van der Waals surface area contributed by atoms with Gasteiger partial charge < -0.3 is 24.9 Å². The molecule has 0 saturated carbocycles. The van der Waals surface area contributed by atoms with Gasteiger partial charge in [-0.05, 0) is 42.3 Å². The Labute approximate surface area is 161 Å². The van der Waals surface area contributed by atoms with Crippen LogP contribution in [0.25, 0.3) is 10.9 Å². The number of aromatic nitrogens is 1. The lowest BCUT2D eigenvalue weighted by molar-refractivity contribution is -0.308. The number of aromatic amines is 1. The molecular weight excluding hydrogens is 368 g/mol. The van der Waals surface area contributed by atoms with Crippen LogP contribution in [0.5, 0.6) is 5.75 Å². The van der Waals surface area contributed by atoms with E-state index in [4.69, 9.17) is 16.3 Å². The molecule has 0 aliphatic heterocycles. The van der Waals surface area contributed by atoms with Crippen LogP contribution < -0.4 is 15.2 Å². The fourth-order valence-corrected chi connectivity index (χ4v) is 2.92. The zero-order valence-electron chi connectivity index (χ0n) is 14.6. The number of hydrogen-bond acceptors (Lipinski definition) is 4. The average molecular weight is 386 g/mol. The molecule has 140 valence electrons. The van der Waals surface area contributed by atoms with Crippen LogP contribution in [-0.2, 0) is 16.0 Å². The van der Waals surface area contributed by atoms with Crippen LogP contribution in [0.2, 0.25) is 5.02 Å². The molecule has 1 atom stereocenters. The highest BCUT2D eigenvalue weighted by molar-refractivity contribution is 6.31. The van der Waals surface area contributed by atoms with Crippen LogP contribution in [-0.4, -0.2) is 29.5 Å². The fraction of sp³-hybridized carbons (Fsp3) is 0.200. The predicted octanol–water partition coefficient (Wildman–Crippen LogP) is 1.99. The monoisotopic (exact) mass is 385 g/mol. The summed E-state index contributed by atoms with van der Waals surface area (Å²) in [7, 11) is 0. The lowest BCUT2D eigenvalue weighted by Gasteiger charge is -2.19. The van der Waals surface area contributed by atoms with Crippen LogP contribution in [0.15, 0.2) is 48.7 Å².